The lowest BCUT2D eigenvalue weighted by Crippen LogP contribution is -2.48. The van der Waals surface area contributed by atoms with Gasteiger partial charge in [0.1, 0.15) is 12.2 Å². The van der Waals surface area contributed by atoms with Crippen molar-refractivity contribution in [2.75, 3.05) is 13.2 Å². The highest BCUT2D eigenvalue weighted by atomic mass is 28.4. The number of epoxide rings is 1. The van der Waals surface area contributed by atoms with Crippen molar-refractivity contribution in [3.63, 3.8) is 0 Å². The van der Waals surface area contributed by atoms with Crippen LogP contribution in [0.5, 0.6) is 0 Å². The molecule has 1 aliphatic rings. The Kier molecular flexibility index (Phi) is 5.19. The molecule has 2 atom stereocenters. The quantitative estimate of drug-likeness (QED) is 0.565. The molecule has 0 aromatic heterocycles. The smallest absolute Gasteiger partial charge is 0.200 e. The van der Waals surface area contributed by atoms with E-state index in [0.717, 1.165) is 0 Å². The zero-order chi connectivity index (χ0) is 13.2. The van der Waals surface area contributed by atoms with Gasteiger partial charge in [0, 0.05) is 0 Å². The van der Waals surface area contributed by atoms with Crippen LogP contribution >= 0.6 is 0 Å². The van der Waals surface area contributed by atoms with Gasteiger partial charge in [-0.3, -0.25) is 0 Å². The highest BCUT2D eigenvalue weighted by Gasteiger charge is 2.47. The third-order valence-corrected chi connectivity index (χ3v) is 10.2. The van der Waals surface area contributed by atoms with Crippen LogP contribution in [0.25, 0.3) is 0 Å². The summed E-state index contributed by atoms with van der Waals surface area (Å²) in [4.78, 5) is 0. The van der Waals surface area contributed by atoms with Crippen LogP contribution in [0.1, 0.15) is 41.5 Å². The van der Waals surface area contributed by atoms with E-state index in [1.54, 1.807) is 0 Å². The van der Waals surface area contributed by atoms with E-state index in [1.165, 1.54) is 0 Å². The maximum Gasteiger partial charge on any atom is 0.200 e. The molecule has 2 unspecified atom stereocenters. The Labute approximate surface area is 107 Å². The molecule has 1 heterocycles. The highest BCUT2D eigenvalue weighted by molar-refractivity contribution is 6.77. The molecule has 4 heteroatoms. The van der Waals surface area contributed by atoms with E-state index in [-0.39, 0.29) is 18.8 Å². The monoisotopic (exact) mass is 260 g/mol. The second kappa shape index (κ2) is 5.82. The molecular weight excluding hydrogens is 232 g/mol. The van der Waals surface area contributed by atoms with Crippen molar-refractivity contribution in [2.24, 2.45) is 0 Å². The van der Waals surface area contributed by atoms with Gasteiger partial charge < -0.3 is 14.3 Å². The highest BCUT2D eigenvalue weighted by Crippen LogP contribution is 2.42. The van der Waals surface area contributed by atoms with Gasteiger partial charge in [-0.05, 0) is 16.6 Å². The summed E-state index contributed by atoms with van der Waals surface area (Å²) in [5.41, 5.74) is 1.82. The molecule has 0 saturated carbocycles. The topological polar surface area (TPSA) is 42.0 Å². The number of hydrogen-bond acceptors (Lipinski definition) is 3. The minimum Gasteiger partial charge on any atom is -0.413 e. The van der Waals surface area contributed by atoms with Crippen molar-refractivity contribution < 1.29 is 14.3 Å². The second-order valence-electron chi connectivity index (χ2n) is 6.02. The molecule has 102 valence electrons. The fraction of sp³-hybridized carbons (Fsp3) is 1.00. The summed E-state index contributed by atoms with van der Waals surface area (Å²) in [6.45, 7) is 14.5. The third kappa shape index (κ3) is 3.11. The Bertz CT molecular complexity index is 219. The van der Waals surface area contributed by atoms with E-state index in [0.29, 0.717) is 23.2 Å². The Morgan fingerprint density at radius 1 is 1.00 bits per heavy atom. The molecule has 0 aliphatic carbocycles. The molecule has 1 N–H and O–H groups in total. The number of hydrogen-bond donors (Lipinski definition) is 1. The predicted octanol–water partition coefficient (Wildman–Crippen LogP) is 2.94. The van der Waals surface area contributed by atoms with Crippen LogP contribution in [-0.2, 0) is 9.16 Å². The van der Waals surface area contributed by atoms with Crippen molar-refractivity contribution in [1.82, 2.24) is 0 Å². The first-order chi connectivity index (χ1) is 7.86. The minimum atomic E-state index is -1.75. The largest absolute Gasteiger partial charge is 0.413 e. The first-order valence-corrected chi connectivity index (χ1v) is 8.90. The van der Waals surface area contributed by atoms with Gasteiger partial charge in [0.15, 0.2) is 8.32 Å². The van der Waals surface area contributed by atoms with Crippen LogP contribution in [0, 0.1) is 0 Å². The number of ether oxygens (including phenoxy) is 1. The van der Waals surface area contributed by atoms with Crippen molar-refractivity contribution in [3.05, 3.63) is 0 Å². The van der Waals surface area contributed by atoms with Crippen molar-refractivity contribution in [1.29, 1.82) is 0 Å². The minimum absolute atomic E-state index is 0.0215. The first-order valence-electron chi connectivity index (χ1n) is 6.76. The zero-order valence-electron chi connectivity index (χ0n) is 12.1. The van der Waals surface area contributed by atoms with Crippen molar-refractivity contribution >= 4 is 8.32 Å². The van der Waals surface area contributed by atoms with Gasteiger partial charge in [-0.25, -0.2) is 0 Å². The van der Waals surface area contributed by atoms with E-state index < -0.39 is 8.32 Å². The average molecular weight is 260 g/mol. The van der Waals surface area contributed by atoms with Crippen molar-refractivity contribution in [3.8, 4) is 0 Å². The zero-order valence-corrected chi connectivity index (χ0v) is 13.1. The molecule has 17 heavy (non-hydrogen) atoms. The first kappa shape index (κ1) is 15.2. The molecule has 3 nitrogen and oxygen atoms in total. The Hall–Kier alpha value is 0.0969. The summed E-state index contributed by atoms with van der Waals surface area (Å²) in [7, 11) is -1.75. The molecule has 0 bridgehead atoms. The van der Waals surface area contributed by atoms with E-state index in [2.05, 4.69) is 41.5 Å². The van der Waals surface area contributed by atoms with Crippen LogP contribution < -0.4 is 0 Å². The summed E-state index contributed by atoms with van der Waals surface area (Å²) < 4.78 is 11.7. The van der Waals surface area contributed by atoms with Crippen LogP contribution in [0.2, 0.25) is 16.6 Å². The lowest BCUT2D eigenvalue weighted by molar-refractivity contribution is 0.224. The van der Waals surface area contributed by atoms with Gasteiger partial charge in [-0.15, -0.1) is 0 Å². The maximum absolute atomic E-state index is 8.96. The fourth-order valence-electron chi connectivity index (χ4n) is 3.21. The van der Waals surface area contributed by atoms with E-state index >= 15 is 0 Å². The summed E-state index contributed by atoms with van der Waals surface area (Å²) >= 11 is 0. The van der Waals surface area contributed by atoms with Crippen LogP contribution in [-0.4, -0.2) is 38.8 Å². The normalized spacial score (nSPS) is 25.1. The molecule has 0 aromatic rings. The molecule has 1 saturated heterocycles. The van der Waals surface area contributed by atoms with Gasteiger partial charge >= 0.3 is 0 Å². The lowest BCUT2D eigenvalue weighted by atomic mass is 10.3. The van der Waals surface area contributed by atoms with Gasteiger partial charge in [-0.2, -0.15) is 0 Å². The van der Waals surface area contributed by atoms with Gasteiger partial charge in [-0.1, -0.05) is 41.5 Å². The van der Waals surface area contributed by atoms with E-state index in [4.69, 9.17) is 14.3 Å². The molecule has 0 radical (unpaired) electrons. The van der Waals surface area contributed by atoms with Crippen LogP contribution in [0.4, 0.5) is 0 Å². The van der Waals surface area contributed by atoms with Gasteiger partial charge in [0.2, 0.25) is 0 Å². The Morgan fingerprint density at radius 2 is 1.47 bits per heavy atom. The Morgan fingerprint density at radius 3 is 1.76 bits per heavy atom. The summed E-state index contributed by atoms with van der Waals surface area (Å²) in [5, 5.41) is 8.96. The van der Waals surface area contributed by atoms with Gasteiger partial charge in [0.05, 0.1) is 13.2 Å². The molecule has 0 aromatic carbocycles. The molecule has 0 amide bonds. The van der Waals surface area contributed by atoms with E-state index in [1.807, 2.05) is 0 Å². The molecule has 1 fully saturated rings. The number of aliphatic hydroxyl groups excluding tert-OH is 1. The van der Waals surface area contributed by atoms with Crippen molar-refractivity contribution in [2.45, 2.75) is 70.4 Å². The number of rotatable bonds is 7. The summed E-state index contributed by atoms with van der Waals surface area (Å²) in [6, 6.07) is 0. The fourth-order valence-corrected chi connectivity index (χ4v) is 8.67. The van der Waals surface area contributed by atoms with Crippen LogP contribution in [0.15, 0.2) is 0 Å². The van der Waals surface area contributed by atoms with Crippen LogP contribution in [0.3, 0.4) is 0 Å². The maximum atomic E-state index is 8.96. The predicted molar refractivity (Wildman–Crippen MR) is 72.7 cm³/mol. The summed E-state index contributed by atoms with van der Waals surface area (Å²) in [5.74, 6) is 0. The molecule has 1 aliphatic heterocycles. The lowest BCUT2D eigenvalue weighted by Gasteiger charge is -2.42. The second-order valence-corrected chi connectivity index (χ2v) is 11.5. The standard InChI is InChI=1S/C13H28O3Si/c1-9(2)17(10(3)4,11(5)6)15-8-13-12(7-14)16-13/h9-14H,7-8H2,1-6H3. The molecular formula is C13H28O3Si. The summed E-state index contributed by atoms with van der Waals surface area (Å²) in [6.07, 6.45) is 0.149. The number of aliphatic hydroxyl groups is 1. The Balaban J connectivity index is 2.63. The molecule has 0 spiro atoms. The molecule has 1 rings (SSSR count). The SMILES string of the molecule is CC(C)[Si](OCC1OC1CO)(C(C)C)C(C)C. The average Bonchev–Trinajstić information content (AvgIpc) is 2.95. The van der Waals surface area contributed by atoms with E-state index in [9.17, 15) is 0 Å². The third-order valence-electron chi connectivity index (χ3n) is 4.07. The van der Waals surface area contributed by atoms with Gasteiger partial charge in [0.25, 0.3) is 0 Å².